The maximum absolute atomic E-state index is 13.1. The molecule has 2 fully saturated rings. The summed E-state index contributed by atoms with van der Waals surface area (Å²) in [5, 5.41) is 14.7. The Balaban J connectivity index is 1.72. The maximum atomic E-state index is 13.1. The molecular formula is C24H33F3N4O3. The molecular weight excluding hydrogens is 449 g/mol. The van der Waals surface area contributed by atoms with Gasteiger partial charge in [-0.2, -0.15) is 22.8 Å². The van der Waals surface area contributed by atoms with E-state index in [2.05, 4.69) is 4.90 Å². The van der Waals surface area contributed by atoms with Gasteiger partial charge in [0.25, 0.3) is 0 Å². The molecule has 1 aliphatic carbocycles. The van der Waals surface area contributed by atoms with Crippen molar-refractivity contribution in [1.29, 1.82) is 0 Å². The Labute approximate surface area is 197 Å². The van der Waals surface area contributed by atoms with Crippen LogP contribution < -0.4 is 4.90 Å². The van der Waals surface area contributed by atoms with Crippen LogP contribution in [0.25, 0.3) is 5.65 Å². The Morgan fingerprint density at radius 2 is 2.00 bits per heavy atom. The van der Waals surface area contributed by atoms with Crippen LogP contribution in [-0.2, 0) is 16.0 Å². The summed E-state index contributed by atoms with van der Waals surface area (Å²) in [6, 6.07) is 1.88. The van der Waals surface area contributed by atoms with Crippen LogP contribution in [0.3, 0.4) is 0 Å². The lowest BCUT2D eigenvalue weighted by Gasteiger charge is -2.39. The zero-order valence-corrected chi connectivity index (χ0v) is 20.0. The summed E-state index contributed by atoms with van der Waals surface area (Å²) in [4.78, 5) is 18.8. The molecule has 0 radical (unpaired) electrons. The molecule has 1 saturated heterocycles. The molecule has 10 heteroatoms. The molecule has 0 aromatic carbocycles. The Hall–Kier alpha value is -2.36. The Morgan fingerprint density at radius 1 is 1.29 bits per heavy atom. The molecule has 0 amide bonds. The molecule has 4 rings (SSSR count). The van der Waals surface area contributed by atoms with Crippen LogP contribution >= 0.6 is 0 Å². The second-order valence-electron chi connectivity index (χ2n) is 10.1. The number of carbonyl (C=O) groups is 1. The lowest BCUT2D eigenvalue weighted by molar-refractivity contribution is -0.182. The number of alkyl halides is 3. The van der Waals surface area contributed by atoms with Gasteiger partial charge < -0.3 is 14.7 Å². The molecule has 0 unspecified atom stereocenters. The minimum atomic E-state index is -4.14. The van der Waals surface area contributed by atoms with Crippen molar-refractivity contribution < 1.29 is 27.8 Å². The van der Waals surface area contributed by atoms with Crippen molar-refractivity contribution in [2.24, 2.45) is 11.3 Å². The monoisotopic (exact) mass is 482 g/mol. The van der Waals surface area contributed by atoms with Crippen molar-refractivity contribution in [3.05, 3.63) is 23.0 Å². The molecule has 7 nitrogen and oxygen atoms in total. The first-order chi connectivity index (χ1) is 16.0. The minimum Gasteiger partial charge on any atom is -0.481 e. The summed E-state index contributed by atoms with van der Waals surface area (Å²) in [6.07, 6.45) is -1.08. The van der Waals surface area contributed by atoms with Crippen LogP contribution in [0.4, 0.5) is 19.0 Å². The number of hydrogen-bond donors (Lipinski definition) is 1. The molecule has 1 saturated carbocycles. The first kappa shape index (κ1) is 24.8. The third kappa shape index (κ3) is 4.74. The molecule has 188 valence electrons. The lowest BCUT2D eigenvalue weighted by atomic mass is 9.80. The number of methoxy groups -OCH3 is 1. The van der Waals surface area contributed by atoms with Crippen molar-refractivity contribution >= 4 is 17.4 Å². The normalized spacial score (nSPS) is 26.2. The average molecular weight is 483 g/mol. The van der Waals surface area contributed by atoms with Crippen molar-refractivity contribution in [3.63, 3.8) is 0 Å². The van der Waals surface area contributed by atoms with Crippen LogP contribution in [0.1, 0.15) is 68.3 Å². The van der Waals surface area contributed by atoms with Crippen LogP contribution in [0.15, 0.2) is 6.07 Å². The van der Waals surface area contributed by atoms with E-state index >= 15 is 0 Å². The summed E-state index contributed by atoms with van der Waals surface area (Å²) in [6.45, 7) is 5.24. The Morgan fingerprint density at radius 3 is 2.62 bits per heavy atom. The molecule has 2 aliphatic rings. The maximum Gasteiger partial charge on any atom is 0.391 e. The number of aryl methyl sites for hydroxylation is 1. The molecule has 34 heavy (non-hydrogen) atoms. The second-order valence-corrected chi connectivity index (χ2v) is 10.1. The summed E-state index contributed by atoms with van der Waals surface area (Å²) in [5.41, 5.74) is 2.32. The number of aromatic nitrogens is 3. The largest absolute Gasteiger partial charge is 0.481 e. The van der Waals surface area contributed by atoms with E-state index in [4.69, 9.17) is 14.8 Å². The Bertz CT molecular complexity index is 1050. The predicted octanol–water partition coefficient (Wildman–Crippen LogP) is 4.75. The molecule has 0 bridgehead atoms. The molecule has 1 aliphatic heterocycles. The van der Waals surface area contributed by atoms with E-state index in [1.807, 2.05) is 13.0 Å². The highest BCUT2D eigenvalue weighted by atomic mass is 19.4. The van der Waals surface area contributed by atoms with Crippen molar-refractivity contribution in [2.45, 2.75) is 70.9 Å². The minimum absolute atomic E-state index is 0.0403. The quantitative estimate of drug-likeness (QED) is 0.640. The second kappa shape index (κ2) is 9.36. The van der Waals surface area contributed by atoms with Gasteiger partial charge in [0, 0.05) is 49.9 Å². The first-order valence-corrected chi connectivity index (χ1v) is 12.0. The molecule has 1 N–H and O–H groups in total. The van der Waals surface area contributed by atoms with Gasteiger partial charge in [-0.05, 0) is 52.4 Å². The number of carboxylic acids is 1. The highest BCUT2D eigenvalue weighted by molar-refractivity contribution is 5.75. The number of piperidine rings is 1. The zero-order valence-electron chi connectivity index (χ0n) is 20.0. The van der Waals surface area contributed by atoms with Gasteiger partial charge in [0.1, 0.15) is 5.82 Å². The van der Waals surface area contributed by atoms with E-state index in [9.17, 15) is 23.1 Å². The van der Waals surface area contributed by atoms with Crippen molar-refractivity contribution in [3.8, 4) is 0 Å². The van der Waals surface area contributed by atoms with Crippen LogP contribution in [0.2, 0.25) is 0 Å². The van der Waals surface area contributed by atoms with Gasteiger partial charge in [-0.15, -0.1) is 0 Å². The number of nitrogens with zero attached hydrogens (tertiary/aromatic N) is 4. The number of halogens is 3. The Kier molecular flexibility index (Phi) is 6.81. The van der Waals surface area contributed by atoms with Gasteiger partial charge >= 0.3 is 12.1 Å². The number of ether oxygens (including phenoxy) is 1. The average Bonchev–Trinajstić information content (AvgIpc) is 3.20. The number of anilines is 1. The summed E-state index contributed by atoms with van der Waals surface area (Å²) >= 11 is 0. The smallest absolute Gasteiger partial charge is 0.391 e. The molecule has 3 heterocycles. The summed E-state index contributed by atoms with van der Waals surface area (Å²) in [5.74, 6) is -1.27. The highest BCUT2D eigenvalue weighted by Gasteiger charge is 2.42. The SMILES string of the molecule is COCCc1c(C)nc2cc(C3CCC(C(F)(F)F)CC3)nn2c1N1CCC[C@@](C)(C(=O)O)C1. The third-order valence-electron chi connectivity index (χ3n) is 7.58. The van der Waals surface area contributed by atoms with Crippen molar-refractivity contribution in [1.82, 2.24) is 14.6 Å². The fraction of sp³-hybridized carbons (Fsp3) is 0.708. The van der Waals surface area contributed by atoms with E-state index in [0.717, 1.165) is 29.2 Å². The van der Waals surface area contributed by atoms with Gasteiger partial charge in [0.2, 0.25) is 0 Å². The van der Waals surface area contributed by atoms with Gasteiger partial charge in [-0.25, -0.2) is 4.98 Å². The van der Waals surface area contributed by atoms with Crippen LogP contribution in [-0.4, -0.2) is 58.7 Å². The molecule has 0 spiro atoms. The van der Waals surface area contributed by atoms with E-state index in [0.29, 0.717) is 51.0 Å². The third-order valence-corrected chi connectivity index (χ3v) is 7.58. The zero-order chi connectivity index (χ0) is 24.7. The van der Waals surface area contributed by atoms with Crippen LogP contribution in [0, 0.1) is 18.3 Å². The summed E-state index contributed by atoms with van der Waals surface area (Å²) < 4.78 is 46.4. The standard InChI is InChI=1S/C24H33F3N4O3/c1-15-18(9-12-34-3)21(30-11-4-10-23(2,14-30)22(32)33)31-20(28-15)13-19(29-31)16-5-7-17(8-6-16)24(25,26)27/h13,16-17H,4-12,14H2,1-3H3,(H,32,33)/t16?,17?,23-/m1/s1. The molecule has 2 aromatic rings. The fourth-order valence-corrected chi connectivity index (χ4v) is 5.49. The molecule has 1 atom stereocenters. The van der Waals surface area contributed by atoms with E-state index in [-0.39, 0.29) is 18.8 Å². The van der Waals surface area contributed by atoms with Crippen LogP contribution in [0.5, 0.6) is 0 Å². The molecule has 2 aromatic heterocycles. The topological polar surface area (TPSA) is 80.0 Å². The number of aliphatic carboxylic acids is 1. The van der Waals surface area contributed by atoms with Gasteiger partial charge in [-0.1, -0.05) is 0 Å². The number of fused-ring (bicyclic) bond motifs is 1. The lowest BCUT2D eigenvalue weighted by Crippen LogP contribution is -2.47. The number of carboxylic acid groups (broad SMARTS) is 1. The highest BCUT2D eigenvalue weighted by Crippen LogP contribution is 2.43. The van der Waals surface area contributed by atoms with E-state index in [1.54, 1.807) is 18.5 Å². The van der Waals surface area contributed by atoms with E-state index < -0.39 is 23.5 Å². The van der Waals surface area contributed by atoms with Gasteiger partial charge in [0.05, 0.1) is 23.6 Å². The summed E-state index contributed by atoms with van der Waals surface area (Å²) in [7, 11) is 1.63. The van der Waals surface area contributed by atoms with Gasteiger partial charge in [-0.3, -0.25) is 4.79 Å². The first-order valence-electron chi connectivity index (χ1n) is 12.0. The van der Waals surface area contributed by atoms with Crippen molar-refractivity contribution in [2.75, 3.05) is 31.7 Å². The van der Waals surface area contributed by atoms with E-state index in [1.165, 1.54) is 0 Å². The predicted molar refractivity (Wildman–Crippen MR) is 121 cm³/mol. The van der Waals surface area contributed by atoms with Gasteiger partial charge in [0.15, 0.2) is 5.65 Å². The number of hydrogen-bond acceptors (Lipinski definition) is 5. The number of rotatable bonds is 6. The fourth-order valence-electron chi connectivity index (χ4n) is 5.49.